The summed E-state index contributed by atoms with van der Waals surface area (Å²) in [7, 11) is 3.42. The van der Waals surface area contributed by atoms with Crippen molar-refractivity contribution in [3.05, 3.63) is 59.7 Å². The van der Waals surface area contributed by atoms with E-state index in [0.29, 0.717) is 19.1 Å². The molecule has 0 spiro atoms. The number of hydrogen-bond donors (Lipinski definition) is 2. The highest BCUT2D eigenvalue weighted by molar-refractivity contribution is 5.80. The molecule has 0 saturated carbocycles. The maximum Gasteiger partial charge on any atom is 0.194 e. The van der Waals surface area contributed by atoms with Crippen molar-refractivity contribution in [2.75, 3.05) is 52.3 Å². The van der Waals surface area contributed by atoms with Crippen molar-refractivity contribution in [3.63, 3.8) is 0 Å². The molecular weight excluding hydrogens is 376 g/mol. The first-order chi connectivity index (χ1) is 14.7. The van der Waals surface area contributed by atoms with Gasteiger partial charge in [0.25, 0.3) is 0 Å². The van der Waals surface area contributed by atoms with Crippen LogP contribution in [0.5, 0.6) is 5.75 Å². The lowest BCUT2D eigenvalue weighted by Crippen LogP contribution is -2.40. The number of nitrogens with zero attached hydrogens (tertiary/aromatic N) is 2. The van der Waals surface area contributed by atoms with E-state index in [1.54, 1.807) is 14.2 Å². The second-order valence-electron chi connectivity index (χ2n) is 7.49. The summed E-state index contributed by atoms with van der Waals surface area (Å²) in [6, 6.07) is 16.9. The topological polar surface area (TPSA) is 58.1 Å². The minimum absolute atomic E-state index is 0.525. The van der Waals surface area contributed by atoms with Crippen molar-refractivity contribution >= 4 is 11.6 Å². The van der Waals surface area contributed by atoms with Gasteiger partial charge in [0.1, 0.15) is 5.75 Å². The molecule has 0 aliphatic carbocycles. The molecule has 1 unspecified atom stereocenters. The van der Waals surface area contributed by atoms with Gasteiger partial charge >= 0.3 is 0 Å². The number of likely N-dealkylation sites (tertiary alicyclic amines) is 1. The number of ether oxygens (including phenoxy) is 2. The molecule has 2 aromatic carbocycles. The van der Waals surface area contributed by atoms with Crippen LogP contribution in [0.3, 0.4) is 0 Å². The molecule has 30 heavy (non-hydrogen) atoms. The fraction of sp³-hybridized carbons (Fsp3) is 0.458. The summed E-state index contributed by atoms with van der Waals surface area (Å²) in [5, 5.41) is 6.80. The molecule has 0 radical (unpaired) electrons. The van der Waals surface area contributed by atoms with Crippen LogP contribution in [0.15, 0.2) is 53.5 Å². The summed E-state index contributed by atoms with van der Waals surface area (Å²) < 4.78 is 10.4. The second kappa shape index (κ2) is 11.5. The predicted octanol–water partition coefficient (Wildman–Crippen LogP) is 3.71. The zero-order chi connectivity index (χ0) is 21.2. The molecule has 6 nitrogen and oxygen atoms in total. The normalized spacial score (nSPS) is 16.6. The highest BCUT2D eigenvalue weighted by Crippen LogP contribution is 2.28. The van der Waals surface area contributed by atoms with E-state index in [1.165, 1.54) is 11.1 Å². The third-order valence-electron chi connectivity index (χ3n) is 5.41. The van der Waals surface area contributed by atoms with Crippen molar-refractivity contribution in [2.24, 2.45) is 4.99 Å². The number of methoxy groups -OCH3 is 2. The van der Waals surface area contributed by atoms with E-state index in [9.17, 15) is 0 Å². The molecule has 162 valence electrons. The Kier molecular flexibility index (Phi) is 8.39. The standard InChI is InChI=1S/C24H34N4O2/c1-4-25-24(27-17-19-5-9-22(10-6-19)26-14-16-29-2)28-15-13-21(18-28)20-7-11-23(30-3)12-8-20/h5-12,21,26H,4,13-18H2,1-3H3,(H,25,27). The summed E-state index contributed by atoms with van der Waals surface area (Å²) in [5.41, 5.74) is 3.67. The van der Waals surface area contributed by atoms with Crippen LogP contribution in [0.25, 0.3) is 0 Å². The molecule has 1 fully saturated rings. The fourth-order valence-corrected chi connectivity index (χ4v) is 3.72. The Balaban J connectivity index is 1.58. The summed E-state index contributed by atoms with van der Waals surface area (Å²) in [6.07, 6.45) is 1.14. The van der Waals surface area contributed by atoms with Crippen LogP contribution in [-0.2, 0) is 11.3 Å². The molecule has 1 aliphatic heterocycles. The van der Waals surface area contributed by atoms with E-state index in [4.69, 9.17) is 14.5 Å². The Morgan fingerprint density at radius 2 is 1.87 bits per heavy atom. The predicted molar refractivity (Wildman–Crippen MR) is 124 cm³/mol. The van der Waals surface area contributed by atoms with E-state index in [0.717, 1.165) is 50.0 Å². The number of hydrogen-bond acceptors (Lipinski definition) is 4. The van der Waals surface area contributed by atoms with Gasteiger partial charge < -0.3 is 25.0 Å². The maximum absolute atomic E-state index is 5.28. The zero-order valence-electron chi connectivity index (χ0n) is 18.4. The molecule has 1 aliphatic rings. The largest absolute Gasteiger partial charge is 0.497 e. The first kappa shape index (κ1) is 22.0. The van der Waals surface area contributed by atoms with Crippen LogP contribution < -0.4 is 15.4 Å². The van der Waals surface area contributed by atoms with E-state index >= 15 is 0 Å². The number of benzene rings is 2. The molecule has 1 heterocycles. The van der Waals surface area contributed by atoms with Gasteiger partial charge in [-0.3, -0.25) is 0 Å². The fourth-order valence-electron chi connectivity index (χ4n) is 3.72. The summed E-state index contributed by atoms with van der Waals surface area (Å²) in [6.45, 7) is 7.17. The monoisotopic (exact) mass is 410 g/mol. The Bertz CT molecular complexity index is 790. The molecule has 2 N–H and O–H groups in total. The van der Waals surface area contributed by atoms with Crippen molar-refractivity contribution in [2.45, 2.75) is 25.8 Å². The molecule has 1 atom stereocenters. The smallest absolute Gasteiger partial charge is 0.194 e. The highest BCUT2D eigenvalue weighted by atomic mass is 16.5. The minimum atomic E-state index is 0.525. The molecular formula is C24H34N4O2. The first-order valence-electron chi connectivity index (χ1n) is 10.7. The number of nitrogens with one attached hydrogen (secondary N) is 2. The maximum atomic E-state index is 5.28. The minimum Gasteiger partial charge on any atom is -0.497 e. The Labute approximate surface area is 180 Å². The van der Waals surface area contributed by atoms with Crippen molar-refractivity contribution in [3.8, 4) is 5.75 Å². The summed E-state index contributed by atoms with van der Waals surface area (Å²) in [5.74, 6) is 2.43. The summed E-state index contributed by atoms with van der Waals surface area (Å²) >= 11 is 0. The van der Waals surface area contributed by atoms with Crippen LogP contribution in [0.2, 0.25) is 0 Å². The van der Waals surface area contributed by atoms with Crippen molar-refractivity contribution in [1.82, 2.24) is 10.2 Å². The van der Waals surface area contributed by atoms with Gasteiger partial charge in [-0.2, -0.15) is 0 Å². The number of rotatable bonds is 9. The van der Waals surface area contributed by atoms with Gasteiger partial charge in [0, 0.05) is 44.9 Å². The molecule has 2 aromatic rings. The molecule has 3 rings (SSSR count). The van der Waals surface area contributed by atoms with Crippen LogP contribution >= 0.6 is 0 Å². The lowest BCUT2D eigenvalue weighted by atomic mass is 9.98. The molecule has 6 heteroatoms. The second-order valence-corrected chi connectivity index (χ2v) is 7.49. The Morgan fingerprint density at radius 1 is 1.10 bits per heavy atom. The average molecular weight is 411 g/mol. The SMILES string of the molecule is CCNC(=NCc1ccc(NCCOC)cc1)N1CCC(c2ccc(OC)cc2)C1. The van der Waals surface area contributed by atoms with Crippen molar-refractivity contribution < 1.29 is 9.47 Å². The van der Waals surface area contributed by atoms with Gasteiger partial charge in [-0.1, -0.05) is 24.3 Å². The van der Waals surface area contributed by atoms with E-state index in [2.05, 4.69) is 58.9 Å². The van der Waals surface area contributed by atoms with Crippen LogP contribution in [0, 0.1) is 0 Å². The zero-order valence-corrected chi connectivity index (χ0v) is 18.4. The van der Waals surface area contributed by atoms with E-state index in [1.807, 2.05) is 12.1 Å². The third-order valence-corrected chi connectivity index (χ3v) is 5.41. The number of aliphatic imine (C=N–C) groups is 1. The van der Waals surface area contributed by atoms with Gasteiger partial charge in [0.2, 0.25) is 0 Å². The average Bonchev–Trinajstić information content (AvgIpc) is 3.28. The van der Waals surface area contributed by atoms with E-state index < -0.39 is 0 Å². The van der Waals surface area contributed by atoms with Gasteiger partial charge in [-0.25, -0.2) is 4.99 Å². The van der Waals surface area contributed by atoms with Crippen LogP contribution in [0.1, 0.15) is 30.4 Å². The molecule has 1 saturated heterocycles. The van der Waals surface area contributed by atoms with Gasteiger partial charge in [-0.05, 0) is 48.7 Å². The molecule has 0 aromatic heterocycles. The lowest BCUT2D eigenvalue weighted by Gasteiger charge is -2.22. The van der Waals surface area contributed by atoms with Crippen molar-refractivity contribution in [1.29, 1.82) is 0 Å². The number of guanidine groups is 1. The Hall–Kier alpha value is -2.73. The lowest BCUT2D eigenvalue weighted by molar-refractivity contribution is 0.211. The van der Waals surface area contributed by atoms with Gasteiger partial charge in [0.15, 0.2) is 5.96 Å². The van der Waals surface area contributed by atoms with Crippen LogP contribution in [0.4, 0.5) is 5.69 Å². The molecule has 0 bridgehead atoms. The third kappa shape index (κ3) is 6.13. The molecule has 0 amide bonds. The van der Waals surface area contributed by atoms with Crippen LogP contribution in [-0.4, -0.2) is 57.9 Å². The Morgan fingerprint density at radius 3 is 2.53 bits per heavy atom. The van der Waals surface area contributed by atoms with Gasteiger partial charge in [-0.15, -0.1) is 0 Å². The van der Waals surface area contributed by atoms with E-state index in [-0.39, 0.29) is 0 Å². The quantitative estimate of drug-likeness (QED) is 0.375. The van der Waals surface area contributed by atoms with Gasteiger partial charge in [0.05, 0.1) is 20.3 Å². The number of anilines is 1. The highest BCUT2D eigenvalue weighted by Gasteiger charge is 2.26. The first-order valence-corrected chi connectivity index (χ1v) is 10.7. The summed E-state index contributed by atoms with van der Waals surface area (Å²) in [4.78, 5) is 7.27.